The number of halogens is 1. The Labute approximate surface area is 116 Å². The highest BCUT2D eigenvalue weighted by Crippen LogP contribution is 2.36. The van der Waals surface area contributed by atoms with E-state index in [0.717, 1.165) is 24.9 Å². The summed E-state index contributed by atoms with van der Waals surface area (Å²) in [6, 6.07) is 5.13. The molecule has 1 rings (SSSR count). The van der Waals surface area contributed by atoms with Crippen LogP contribution in [0, 0.1) is 12.7 Å². The zero-order valence-electron chi connectivity index (χ0n) is 12.7. The number of hydrogen-bond donors (Lipinski definition) is 1. The van der Waals surface area contributed by atoms with E-state index in [1.54, 1.807) is 19.2 Å². The third-order valence-corrected chi connectivity index (χ3v) is 4.00. The van der Waals surface area contributed by atoms with Crippen LogP contribution in [-0.2, 0) is 4.74 Å². The summed E-state index contributed by atoms with van der Waals surface area (Å²) in [5.41, 5.74) is 1.40. The molecule has 0 saturated heterocycles. The lowest BCUT2D eigenvalue weighted by molar-refractivity contribution is -0.0490. The van der Waals surface area contributed by atoms with E-state index in [9.17, 15) is 4.39 Å². The first-order valence-electron chi connectivity index (χ1n) is 7.09. The first-order valence-corrected chi connectivity index (χ1v) is 7.09. The predicted molar refractivity (Wildman–Crippen MR) is 77.9 cm³/mol. The number of hydrogen-bond acceptors (Lipinski definition) is 2. The fourth-order valence-electron chi connectivity index (χ4n) is 2.73. The van der Waals surface area contributed by atoms with Crippen LogP contribution in [0.3, 0.4) is 0 Å². The molecule has 0 amide bonds. The van der Waals surface area contributed by atoms with E-state index in [2.05, 4.69) is 19.2 Å². The largest absolute Gasteiger partial charge is 0.376 e. The Balaban J connectivity index is 3.29. The van der Waals surface area contributed by atoms with Gasteiger partial charge in [0, 0.05) is 12.7 Å². The van der Waals surface area contributed by atoms with Crippen molar-refractivity contribution in [3.8, 4) is 0 Å². The highest BCUT2D eigenvalue weighted by Gasteiger charge is 2.37. The molecule has 0 fully saturated rings. The van der Waals surface area contributed by atoms with Gasteiger partial charge in [-0.1, -0.05) is 38.5 Å². The summed E-state index contributed by atoms with van der Waals surface area (Å²) >= 11 is 0. The van der Waals surface area contributed by atoms with Gasteiger partial charge in [-0.25, -0.2) is 4.39 Å². The third kappa shape index (κ3) is 3.34. The molecule has 0 heterocycles. The Morgan fingerprint density at radius 2 is 1.89 bits per heavy atom. The zero-order valence-corrected chi connectivity index (χ0v) is 12.7. The van der Waals surface area contributed by atoms with Crippen LogP contribution < -0.4 is 5.32 Å². The van der Waals surface area contributed by atoms with Gasteiger partial charge in [0.15, 0.2) is 0 Å². The van der Waals surface area contributed by atoms with Gasteiger partial charge in [0.05, 0.1) is 11.6 Å². The van der Waals surface area contributed by atoms with Crippen LogP contribution in [0.2, 0.25) is 0 Å². The van der Waals surface area contributed by atoms with E-state index in [-0.39, 0.29) is 17.5 Å². The number of rotatable bonds is 7. The maximum absolute atomic E-state index is 14.2. The molecule has 0 aromatic heterocycles. The molecule has 0 aliphatic rings. The third-order valence-electron chi connectivity index (χ3n) is 4.00. The molecular weight excluding hydrogens is 241 g/mol. The van der Waals surface area contributed by atoms with Gasteiger partial charge in [0.25, 0.3) is 0 Å². The lowest BCUT2D eigenvalue weighted by Crippen LogP contribution is -2.45. The maximum Gasteiger partial charge on any atom is 0.128 e. The van der Waals surface area contributed by atoms with E-state index in [1.165, 1.54) is 0 Å². The van der Waals surface area contributed by atoms with Crippen molar-refractivity contribution in [2.45, 2.75) is 52.2 Å². The van der Waals surface area contributed by atoms with Gasteiger partial charge in [-0.3, -0.25) is 0 Å². The SMILES string of the molecule is CCNC(c1cc(C)ccc1F)C(CC)(CC)OC. The predicted octanol–water partition coefficient (Wildman–Crippen LogP) is 3.99. The van der Waals surface area contributed by atoms with E-state index in [4.69, 9.17) is 4.74 Å². The van der Waals surface area contributed by atoms with E-state index in [0.29, 0.717) is 5.56 Å². The van der Waals surface area contributed by atoms with Gasteiger partial charge >= 0.3 is 0 Å². The first-order chi connectivity index (χ1) is 9.04. The molecular formula is C16H26FNO. The van der Waals surface area contributed by atoms with Crippen molar-refractivity contribution in [2.75, 3.05) is 13.7 Å². The lowest BCUT2D eigenvalue weighted by Gasteiger charge is -2.39. The second kappa shape index (κ2) is 7.01. The van der Waals surface area contributed by atoms with E-state index >= 15 is 0 Å². The number of ether oxygens (including phenoxy) is 1. The van der Waals surface area contributed by atoms with E-state index < -0.39 is 0 Å². The molecule has 3 heteroatoms. The molecule has 0 spiro atoms. The van der Waals surface area contributed by atoms with Crippen molar-refractivity contribution in [3.63, 3.8) is 0 Å². The number of nitrogens with one attached hydrogen (secondary N) is 1. The second-order valence-corrected chi connectivity index (χ2v) is 4.99. The minimum Gasteiger partial charge on any atom is -0.376 e. The van der Waals surface area contributed by atoms with Crippen LogP contribution >= 0.6 is 0 Å². The molecule has 2 nitrogen and oxygen atoms in total. The zero-order chi connectivity index (χ0) is 14.5. The molecule has 0 bridgehead atoms. The molecule has 0 aliphatic heterocycles. The molecule has 1 atom stereocenters. The summed E-state index contributed by atoms with van der Waals surface area (Å²) in [4.78, 5) is 0. The van der Waals surface area contributed by atoms with Crippen LogP contribution in [0.25, 0.3) is 0 Å². The molecule has 1 N–H and O–H groups in total. The van der Waals surface area contributed by atoms with Crippen LogP contribution in [0.4, 0.5) is 4.39 Å². The lowest BCUT2D eigenvalue weighted by atomic mass is 9.83. The Morgan fingerprint density at radius 1 is 1.26 bits per heavy atom. The highest BCUT2D eigenvalue weighted by molar-refractivity contribution is 5.29. The molecule has 108 valence electrons. The summed E-state index contributed by atoms with van der Waals surface area (Å²) < 4.78 is 20.0. The standard InChI is InChI=1S/C16H26FNO/c1-6-16(7-2,19-5)15(18-8-3)13-11-12(4)9-10-14(13)17/h9-11,15,18H,6-8H2,1-5H3. The van der Waals surface area contributed by atoms with Gasteiger partial charge in [0.2, 0.25) is 0 Å². The summed E-state index contributed by atoms with van der Waals surface area (Å²) in [7, 11) is 1.71. The Bertz CT molecular complexity index is 393. The van der Waals surface area contributed by atoms with Crippen LogP contribution in [-0.4, -0.2) is 19.3 Å². The minimum absolute atomic E-state index is 0.127. The Kier molecular flexibility index (Phi) is 5.95. The van der Waals surface area contributed by atoms with Gasteiger partial charge in [-0.15, -0.1) is 0 Å². The highest BCUT2D eigenvalue weighted by atomic mass is 19.1. The van der Waals surface area contributed by atoms with Crippen molar-refractivity contribution >= 4 is 0 Å². The smallest absolute Gasteiger partial charge is 0.128 e. The normalized spacial score (nSPS) is 13.6. The molecule has 1 aromatic rings. The summed E-state index contributed by atoms with van der Waals surface area (Å²) in [6.45, 7) is 8.98. The van der Waals surface area contributed by atoms with Gasteiger partial charge < -0.3 is 10.1 Å². The quantitative estimate of drug-likeness (QED) is 0.806. The van der Waals surface area contributed by atoms with Gasteiger partial charge in [-0.2, -0.15) is 0 Å². The molecule has 1 unspecified atom stereocenters. The summed E-state index contributed by atoms with van der Waals surface area (Å²) in [6.07, 6.45) is 1.68. The van der Waals surface area contributed by atoms with Crippen molar-refractivity contribution in [1.29, 1.82) is 0 Å². The second-order valence-electron chi connectivity index (χ2n) is 4.99. The van der Waals surface area contributed by atoms with Crippen LogP contribution in [0.15, 0.2) is 18.2 Å². The molecule has 0 saturated carbocycles. The number of aryl methyl sites for hydroxylation is 1. The summed E-state index contributed by atoms with van der Waals surface area (Å²) in [5.74, 6) is -0.167. The van der Waals surface area contributed by atoms with Crippen molar-refractivity contribution in [1.82, 2.24) is 5.32 Å². The van der Waals surface area contributed by atoms with Crippen molar-refractivity contribution in [3.05, 3.63) is 35.1 Å². The fourth-order valence-corrected chi connectivity index (χ4v) is 2.73. The number of methoxy groups -OCH3 is 1. The van der Waals surface area contributed by atoms with Crippen LogP contribution in [0.1, 0.15) is 50.8 Å². The van der Waals surface area contributed by atoms with Gasteiger partial charge in [0.1, 0.15) is 5.82 Å². The maximum atomic E-state index is 14.2. The summed E-state index contributed by atoms with van der Waals surface area (Å²) in [5, 5.41) is 3.40. The molecule has 0 radical (unpaired) electrons. The monoisotopic (exact) mass is 267 g/mol. The molecule has 1 aromatic carbocycles. The molecule has 19 heavy (non-hydrogen) atoms. The number of benzene rings is 1. The Hall–Kier alpha value is -0.930. The average Bonchev–Trinajstić information content (AvgIpc) is 2.43. The fraction of sp³-hybridized carbons (Fsp3) is 0.625. The molecule has 0 aliphatic carbocycles. The van der Waals surface area contributed by atoms with Crippen LogP contribution in [0.5, 0.6) is 0 Å². The number of likely N-dealkylation sites (N-methyl/N-ethyl adjacent to an activating group) is 1. The van der Waals surface area contributed by atoms with E-state index in [1.807, 2.05) is 19.9 Å². The average molecular weight is 267 g/mol. The van der Waals surface area contributed by atoms with Crippen molar-refractivity contribution < 1.29 is 9.13 Å². The van der Waals surface area contributed by atoms with Crippen molar-refractivity contribution in [2.24, 2.45) is 0 Å². The van der Waals surface area contributed by atoms with Gasteiger partial charge in [-0.05, 0) is 32.4 Å². The Morgan fingerprint density at radius 3 is 2.37 bits per heavy atom. The topological polar surface area (TPSA) is 21.3 Å². The first kappa shape index (κ1) is 16.1. The minimum atomic E-state index is -0.370.